The molecule has 0 spiro atoms. The van der Waals surface area contributed by atoms with Crippen molar-refractivity contribution in [2.24, 2.45) is 0 Å². The third-order valence-corrected chi connectivity index (χ3v) is 5.39. The molecule has 4 aromatic rings. The highest BCUT2D eigenvalue weighted by molar-refractivity contribution is 5.87. The Kier molecular flexibility index (Phi) is 4.31. The predicted molar refractivity (Wildman–Crippen MR) is 111 cm³/mol. The summed E-state index contributed by atoms with van der Waals surface area (Å²) in [6.45, 7) is 3.42. The van der Waals surface area contributed by atoms with Crippen molar-refractivity contribution in [3.05, 3.63) is 65.1 Å². The molecule has 1 saturated heterocycles. The normalized spacial score (nSPS) is 16.6. The third kappa shape index (κ3) is 3.26. The number of pyridine rings is 1. The van der Waals surface area contributed by atoms with E-state index in [2.05, 4.69) is 29.9 Å². The van der Waals surface area contributed by atoms with Gasteiger partial charge in [0.15, 0.2) is 5.82 Å². The van der Waals surface area contributed by atoms with Crippen LogP contribution in [0.25, 0.3) is 22.3 Å². The van der Waals surface area contributed by atoms with Gasteiger partial charge < -0.3 is 9.88 Å². The topological polar surface area (TPSA) is 92.6 Å². The molecule has 1 fully saturated rings. The number of rotatable bonds is 4. The molecule has 5 rings (SSSR count). The van der Waals surface area contributed by atoms with Crippen molar-refractivity contribution in [2.75, 3.05) is 11.4 Å². The summed E-state index contributed by atoms with van der Waals surface area (Å²) < 4.78 is 1.56. The van der Waals surface area contributed by atoms with Crippen LogP contribution in [0.15, 0.2) is 53.8 Å². The lowest BCUT2D eigenvalue weighted by Crippen LogP contribution is -2.37. The van der Waals surface area contributed by atoms with E-state index in [9.17, 15) is 4.79 Å². The van der Waals surface area contributed by atoms with Gasteiger partial charge >= 0.3 is 0 Å². The molecule has 8 heteroatoms. The molecule has 0 bridgehead atoms. The molecule has 1 aliphatic heterocycles. The van der Waals surface area contributed by atoms with Gasteiger partial charge in [-0.2, -0.15) is 5.10 Å². The van der Waals surface area contributed by atoms with Gasteiger partial charge in [0, 0.05) is 36.3 Å². The van der Waals surface area contributed by atoms with Crippen LogP contribution < -0.4 is 10.5 Å². The Balaban J connectivity index is 1.48. The predicted octanol–water partition coefficient (Wildman–Crippen LogP) is 2.55. The third-order valence-electron chi connectivity index (χ3n) is 5.39. The van der Waals surface area contributed by atoms with E-state index in [1.165, 1.54) is 0 Å². The highest BCUT2D eigenvalue weighted by Crippen LogP contribution is 2.29. The van der Waals surface area contributed by atoms with Gasteiger partial charge in [-0.15, -0.1) is 0 Å². The number of fused-ring (bicyclic) bond motifs is 1. The molecule has 0 aliphatic carbocycles. The second-order valence-corrected chi connectivity index (χ2v) is 7.38. The van der Waals surface area contributed by atoms with Gasteiger partial charge in [0.2, 0.25) is 0 Å². The molecule has 146 valence electrons. The van der Waals surface area contributed by atoms with E-state index < -0.39 is 0 Å². The SMILES string of the molecule is Cc1cc2ncnc(N3CCCC3Cn3nc(-c4cccnc4)ccc3=O)c2[nH]1. The van der Waals surface area contributed by atoms with E-state index >= 15 is 0 Å². The molecular formula is C21H21N7O. The molecule has 5 heterocycles. The van der Waals surface area contributed by atoms with Gasteiger partial charge in [0.05, 0.1) is 23.8 Å². The average molecular weight is 387 g/mol. The summed E-state index contributed by atoms with van der Waals surface area (Å²) in [5, 5.41) is 4.60. The highest BCUT2D eigenvalue weighted by atomic mass is 16.1. The number of H-pyrrole nitrogens is 1. The molecule has 0 saturated carbocycles. The summed E-state index contributed by atoms with van der Waals surface area (Å²) >= 11 is 0. The van der Waals surface area contributed by atoms with Crippen molar-refractivity contribution in [1.29, 1.82) is 0 Å². The monoisotopic (exact) mass is 387 g/mol. The lowest BCUT2D eigenvalue weighted by atomic mass is 10.2. The van der Waals surface area contributed by atoms with Crippen LogP contribution in [-0.2, 0) is 6.54 Å². The quantitative estimate of drug-likeness (QED) is 0.579. The van der Waals surface area contributed by atoms with Crippen LogP contribution in [0.3, 0.4) is 0 Å². The number of aryl methyl sites for hydroxylation is 1. The number of aromatic amines is 1. The van der Waals surface area contributed by atoms with Crippen LogP contribution in [0, 0.1) is 6.92 Å². The van der Waals surface area contributed by atoms with Gasteiger partial charge in [0.25, 0.3) is 5.56 Å². The second-order valence-electron chi connectivity index (χ2n) is 7.38. The van der Waals surface area contributed by atoms with E-state index in [-0.39, 0.29) is 11.6 Å². The number of aromatic nitrogens is 6. The van der Waals surface area contributed by atoms with E-state index in [1.807, 2.05) is 25.1 Å². The summed E-state index contributed by atoms with van der Waals surface area (Å²) in [6.07, 6.45) is 7.11. The van der Waals surface area contributed by atoms with Crippen molar-refractivity contribution < 1.29 is 0 Å². The number of anilines is 1. The van der Waals surface area contributed by atoms with E-state index in [1.54, 1.807) is 35.5 Å². The first-order valence-electron chi connectivity index (χ1n) is 9.74. The fourth-order valence-corrected chi connectivity index (χ4v) is 4.03. The molecule has 8 nitrogen and oxygen atoms in total. The maximum Gasteiger partial charge on any atom is 0.266 e. The van der Waals surface area contributed by atoms with Crippen LogP contribution in [0.4, 0.5) is 5.82 Å². The molecular weight excluding hydrogens is 366 g/mol. The Morgan fingerprint density at radius 3 is 3.03 bits per heavy atom. The molecule has 0 radical (unpaired) electrons. The fraction of sp³-hybridized carbons (Fsp3) is 0.286. The van der Waals surface area contributed by atoms with Crippen molar-refractivity contribution >= 4 is 16.9 Å². The fourth-order valence-electron chi connectivity index (χ4n) is 4.03. The van der Waals surface area contributed by atoms with Crippen molar-refractivity contribution in [3.63, 3.8) is 0 Å². The number of nitrogens with one attached hydrogen (secondary N) is 1. The van der Waals surface area contributed by atoms with Gasteiger partial charge in [-0.3, -0.25) is 9.78 Å². The molecule has 1 atom stereocenters. The summed E-state index contributed by atoms with van der Waals surface area (Å²) in [5.41, 5.74) is 4.44. The second kappa shape index (κ2) is 7.12. The first-order valence-corrected chi connectivity index (χ1v) is 9.74. The lowest BCUT2D eigenvalue weighted by Gasteiger charge is -2.26. The zero-order valence-electron chi connectivity index (χ0n) is 16.1. The smallest absolute Gasteiger partial charge is 0.266 e. The zero-order chi connectivity index (χ0) is 19.8. The Labute approximate surface area is 167 Å². The van der Waals surface area contributed by atoms with Crippen LogP contribution in [0.1, 0.15) is 18.5 Å². The van der Waals surface area contributed by atoms with Crippen LogP contribution in [0.2, 0.25) is 0 Å². The standard InChI is InChI=1S/C21H21N7O/c1-14-10-18-20(25-14)21(24-13-23-18)27-9-3-5-16(27)12-28-19(29)7-6-17(26-28)15-4-2-8-22-11-15/h2,4,6-8,10-11,13,16,25H,3,5,9,12H2,1H3. The van der Waals surface area contributed by atoms with Crippen molar-refractivity contribution in [3.8, 4) is 11.3 Å². The Morgan fingerprint density at radius 1 is 1.24 bits per heavy atom. The minimum absolute atomic E-state index is 0.104. The van der Waals surface area contributed by atoms with E-state index in [0.29, 0.717) is 6.54 Å². The first-order chi connectivity index (χ1) is 14.2. The summed E-state index contributed by atoms with van der Waals surface area (Å²) in [6, 6.07) is 9.30. The number of nitrogens with zero attached hydrogens (tertiary/aromatic N) is 6. The maximum absolute atomic E-state index is 12.5. The van der Waals surface area contributed by atoms with Gasteiger partial charge in [-0.1, -0.05) is 0 Å². The number of hydrogen-bond donors (Lipinski definition) is 1. The molecule has 1 unspecified atom stereocenters. The molecule has 29 heavy (non-hydrogen) atoms. The average Bonchev–Trinajstić information content (AvgIpc) is 3.35. The first kappa shape index (κ1) is 17.5. The van der Waals surface area contributed by atoms with Crippen molar-refractivity contribution in [1.82, 2.24) is 29.7 Å². The molecule has 0 aromatic carbocycles. The number of hydrogen-bond acceptors (Lipinski definition) is 6. The minimum atomic E-state index is -0.104. The summed E-state index contributed by atoms with van der Waals surface area (Å²) in [4.78, 5) is 31.2. The molecule has 0 amide bonds. The molecule has 1 N–H and O–H groups in total. The summed E-state index contributed by atoms with van der Waals surface area (Å²) in [7, 11) is 0. The minimum Gasteiger partial charge on any atom is -0.354 e. The van der Waals surface area contributed by atoms with Crippen LogP contribution in [-0.4, -0.2) is 42.3 Å². The van der Waals surface area contributed by atoms with Gasteiger partial charge in [-0.25, -0.2) is 14.6 Å². The summed E-state index contributed by atoms with van der Waals surface area (Å²) in [5.74, 6) is 0.891. The zero-order valence-corrected chi connectivity index (χ0v) is 16.1. The Hall–Kier alpha value is -3.55. The maximum atomic E-state index is 12.5. The van der Waals surface area contributed by atoms with Crippen molar-refractivity contribution in [2.45, 2.75) is 32.4 Å². The van der Waals surface area contributed by atoms with E-state index in [4.69, 9.17) is 0 Å². The Morgan fingerprint density at radius 2 is 2.17 bits per heavy atom. The van der Waals surface area contributed by atoms with E-state index in [0.717, 1.165) is 53.2 Å². The van der Waals surface area contributed by atoms with Crippen LogP contribution >= 0.6 is 0 Å². The molecule has 4 aromatic heterocycles. The van der Waals surface area contributed by atoms with Gasteiger partial charge in [-0.05, 0) is 44.0 Å². The Bertz CT molecular complexity index is 1210. The largest absolute Gasteiger partial charge is 0.354 e. The van der Waals surface area contributed by atoms with Crippen LogP contribution in [0.5, 0.6) is 0 Å². The molecule has 1 aliphatic rings. The lowest BCUT2D eigenvalue weighted by molar-refractivity contribution is 0.489. The van der Waals surface area contributed by atoms with Gasteiger partial charge in [0.1, 0.15) is 11.8 Å². The highest BCUT2D eigenvalue weighted by Gasteiger charge is 2.28.